The summed E-state index contributed by atoms with van der Waals surface area (Å²) in [6.07, 6.45) is 0.567. The number of aryl methyl sites for hydroxylation is 1. The molecule has 1 N–H and O–H groups in total. The van der Waals surface area contributed by atoms with Gasteiger partial charge in [0, 0.05) is 25.4 Å². The van der Waals surface area contributed by atoms with Crippen LogP contribution in [0.2, 0.25) is 0 Å². The third kappa shape index (κ3) is 4.17. The lowest BCUT2D eigenvalue weighted by Gasteiger charge is -2.29. The molecule has 1 aliphatic heterocycles. The molecule has 0 unspecified atom stereocenters. The topological polar surface area (TPSA) is 63.7 Å². The predicted octanol–water partition coefficient (Wildman–Crippen LogP) is 2.48. The highest BCUT2D eigenvalue weighted by atomic mass is 32.1. The SMILES string of the molecule is Cc1nc(CCNC(=O)N(C)C[C@@H]2COc3ccccc3O2)cs1. The Labute approximate surface area is 145 Å². The van der Waals surface area contributed by atoms with Crippen LogP contribution in [0.15, 0.2) is 29.6 Å². The number of hydrogen-bond donors (Lipinski definition) is 1. The van der Waals surface area contributed by atoms with Crippen LogP contribution in [0.1, 0.15) is 10.7 Å². The van der Waals surface area contributed by atoms with Gasteiger partial charge >= 0.3 is 6.03 Å². The highest BCUT2D eigenvalue weighted by Gasteiger charge is 2.23. The Bertz CT molecular complexity index is 704. The van der Waals surface area contributed by atoms with Gasteiger partial charge in [0.15, 0.2) is 17.6 Å². The number of para-hydroxylation sites is 2. The Hall–Kier alpha value is -2.28. The van der Waals surface area contributed by atoms with Gasteiger partial charge in [0.05, 0.1) is 17.2 Å². The lowest BCUT2D eigenvalue weighted by atomic mass is 10.2. The van der Waals surface area contributed by atoms with Crippen molar-refractivity contribution in [3.63, 3.8) is 0 Å². The van der Waals surface area contributed by atoms with Gasteiger partial charge in [0.25, 0.3) is 0 Å². The maximum absolute atomic E-state index is 12.2. The number of carbonyl (C=O) groups excluding carboxylic acids is 1. The molecule has 0 fully saturated rings. The minimum atomic E-state index is -0.170. The summed E-state index contributed by atoms with van der Waals surface area (Å²) < 4.78 is 11.5. The van der Waals surface area contributed by atoms with Crippen molar-refractivity contribution in [1.29, 1.82) is 0 Å². The van der Waals surface area contributed by atoms with Crippen molar-refractivity contribution in [2.75, 3.05) is 26.7 Å². The summed E-state index contributed by atoms with van der Waals surface area (Å²) in [5.41, 5.74) is 1.01. The highest BCUT2D eigenvalue weighted by Crippen LogP contribution is 2.30. The van der Waals surface area contributed by atoms with Crippen LogP contribution >= 0.6 is 11.3 Å². The molecular weight excluding hydrogens is 326 g/mol. The maximum atomic E-state index is 12.2. The minimum absolute atomic E-state index is 0.121. The number of fused-ring (bicyclic) bond motifs is 1. The van der Waals surface area contributed by atoms with Crippen molar-refractivity contribution in [2.45, 2.75) is 19.4 Å². The van der Waals surface area contributed by atoms with E-state index in [9.17, 15) is 4.79 Å². The third-order valence-corrected chi connectivity index (χ3v) is 4.54. The van der Waals surface area contributed by atoms with Crippen LogP contribution in [-0.4, -0.2) is 48.8 Å². The van der Waals surface area contributed by atoms with Crippen LogP contribution in [0, 0.1) is 6.92 Å². The predicted molar refractivity (Wildman–Crippen MR) is 92.9 cm³/mol. The fraction of sp³-hybridized carbons (Fsp3) is 0.412. The van der Waals surface area contributed by atoms with Crippen LogP contribution in [0.4, 0.5) is 4.79 Å². The van der Waals surface area contributed by atoms with Gasteiger partial charge in [-0.25, -0.2) is 9.78 Å². The molecule has 1 aromatic carbocycles. The molecule has 0 saturated heterocycles. The standard InChI is InChI=1S/C17H21N3O3S/c1-12-19-13(11-24-12)7-8-18-17(21)20(2)9-14-10-22-15-5-3-4-6-16(15)23-14/h3-6,11,14H,7-10H2,1-2H3,(H,18,21)/t14-/m1/s1. The van der Waals surface area contributed by atoms with E-state index < -0.39 is 0 Å². The number of rotatable bonds is 5. The number of ether oxygens (including phenoxy) is 2. The van der Waals surface area contributed by atoms with E-state index in [4.69, 9.17) is 9.47 Å². The molecule has 0 aliphatic carbocycles. The second-order valence-corrected chi connectivity index (χ2v) is 6.78. The summed E-state index contributed by atoms with van der Waals surface area (Å²) in [6, 6.07) is 7.44. The first-order chi connectivity index (χ1) is 11.6. The fourth-order valence-electron chi connectivity index (χ4n) is 2.50. The average Bonchev–Trinajstić information content (AvgIpc) is 3.00. The van der Waals surface area contributed by atoms with Gasteiger partial charge in [0.2, 0.25) is 0 Å². The van der Waals surface area contributed by atoms with E-state index in [2.05, 4.69) is 10.3 Å². The normalized spacial score (nSPS) is 15.8. The monoisotopic (exact) mass is 347 g/mol. The molecule has 0 radical (unpaired) electrons. The number of thiazole rings is 1. The van der Waals surface area contributed by atoms with E-state index in [1.165, 1.54) is 0 Å². The molecule has 128 valence electrons. The van der Waals surface area contributed by atoms with Crippen LogP contribution < -0.4 is 14.8 Å². The largest absolute Gasteiger partial charge is 0.486 e. The van der Waals surface area contributed by atoms with E-state index in [1.807, 2.05) is 36.6 Å². The van der Waals surface area contributed by atoms with Gasteiger partial charge in [-0.15, -0.1) is 11.3 Å². The van der Waals surface area contributed by atoms with Crippen molar-refractivity contribution < 1.29 is 14.3 Å². The van der Waals surface area contributed by atoms with Crippen LogP contribution in [0.5, 0.6) is 11.5 Å². The summed E-state index contributed by atoms with van der Waals surface area (Å²) >= 11 is 1.62. The molecule has 0 spiro atoms. The molecule has 3 rings (SSSR count). The Kier molecular flexibility index (Phi) is 5.20. The second-order valence-electron chi connectivity index (χ2n) is 5.72. The van der Waals surface area contributed by atoms with Crippen molar-refractivity contribution in [3.8, 4) is 11.5 Å². The van der Waals surface area contributed by atoms with Crippen molar-refractivity contribution in [1.82, 2.24) is 15.2 Å². The van der Waals surface area contributed by atoms with E-state index >= 15 is 0 Å². The van der Waals surface area contributed by atoms with Crippen molar-refractivity contribution in [2.24, 2.45) is 0 Å². The van der Waals surface area contributed by atoms with E-state index in [0.717, 1.165) is 28.6 Å². The number of benzene rings is 1. The highest BCUT2D eigenvalue weighted by molar-refractivity contribution is 7.09. The van der Waals surface area contributed by atoms with Gasteiger partial charge in [0.1, 0.15) is 6.61 Å². The molecule has 2 heterocycles. The fourth-order valence-corrected chi connectivity index (χ4v) is 3.14. The number of likely N-dealkylation sites (N-methyl/N-ethyl adjacent to an activating group) is 1. The second kappa shape index (κ2) is 7.53. The Morgan fingerprint density at radius 1 is 1.42 bits per heavy atom. The minimum Gasteiger partial charge on any atom is -0.486 e. The van der Waals surface area contributed by atoms with Gasteiger partial charge in [-0.3, -0.25) is 0 Å². The zero-order valence-electron chi connectivity index (χ0n) is 13.8. The number of carbonyl (C=O) groups is 1. The molecule has 0 bridgehead atoms. The number of urea groups is 1. The first kappa shape index (κ1) is 16.6. The summed E-state index contributed by atoms with van der Waals surface area (Å²) in [5, 5.41) is 5.97. The Balaban J connectivity index is 1.43. The first-order valence-electron chi connectivity index (χ1n) is 7.90. The lowest BCUT2D eigenvalue weighted by Crippen LogP contribution is -2.45. The van der Waals surface area contributed by atoms with Gasteiger partial charge in [-0.2, -0.15) is 0 Å². The molecule has 6 nitrogen and oxygen atoms in total. The van der Waals surface area contributed by atoms with Gasteiger partial charge in [-0.1, -0.05) is 12.1 Å². The molecule has 7 heteroatoms. The van der Waals surface area contributed by atoms with Crippen molar-refractivity contribution in [3.05, 3.63) is 40.3 Å². The summed E-state index contributed by atoms with van der Waals surface area (Å²) in [4.78, 5) is 18.2. The third-order valence-electron chi connectivity index (χ3n) is 3.72. The zero-order chi connectivity index (χ0) is 16.9. The summed E-state index contributed by atoms with van der Waals surface area (Å²) in [6.45, 7) is 3.45. The number of hydrogen-bond acceptors (Lipinski definition) is 5. The Morgan fingerprint density at radius 2 is 2.21 bits per heavy atom. The lowest BCUT2D eigenvalue weighted by molar-refractivity contribution is 0.0716. The first-order valence-corrected chi connectivity index (χ1v) is 8.78. The van der Waals surface area contributed by atoms with E-state index in [0.29, 0.717) is 19.7 Å². The van der Waals surface area contributed by atoms with E-state index in [-0.39, 0.29) is 12.1 Å². The molecule has 2 aromatic rings. The molecule has 2 amide bonds. The van der Waals surface area contributed by atoms with Crippen LogP contribution in [0.25, 0.3) is 0 Å². The maximum Gasteiger partial charge on any atom is 0.317 e. The number of nitrogens with zero attached hydrogens (tertiary/aromatic N) is 2. The zero-order valence-corrected chi connectivity index (χ0v) is 14.6. The number of nitrogens with one attached hydrogen (secondary N) is 1. The summed E-state index contributed by atoms with van der Waals surface area (Å²) in [5.74, 6) is 1.47. The van der Waals surface area contributed by atoms with Crippen LogP contribution in [-0.2, 0) is 6.42 Å². The smallest absolute Gasteiger partial charge is 0.317 e. The number of amides is 2. The molecule has 0 saturated carbocycles. The average molecular weight is 347 g/mol. The number of aromatic nitrogens is 1. The molecule has 24 heavy (non-hydrogen) atoms. The molecule has 1 aliphatic rings. The van der Waals surface area contributed by atoms with Gasteiger partial charge in [-0.05, 0) is 19.1 Å². The quantitative estimate of drug-likeness (QED) is 0.902. The van der Waals surface area contributed by atoms with Crippen molar-refractivity contribution >= 4 is 17.4 Å². The molecular formula is C17H21N3O3S. The van der Waals surface area contributed by atoms with E-state index in [1.54, 1.807) is 23.3 Å². The molecule has 1 aromatic heterocycles. The molecule has 1 atom stereocenters. The van der Waals surface area contributed by atoms with Crippen LogP contribution in [0.3, 0.4) is 0 Å². The summed E-state index contributed by atoms with van der Waals surface area (Å²) in [7, 11) is 1.76. The Morgan fingerprint density at radius 3 is 2.96 bits per heavy atom. The van der Waals surface area contributed by atoms with Gasteiger partial charge < -0.3 is 19.7 Å².